The van der Waals surface area contributed by atoms with Crippen LogP contribution in [-0.2, 0) is 20.1 Å². The lowest BCUT2D eigenvalue weighted by atomic mass is 9.94. The number of aromatic nitrogens is 2. The summed E-state index contributed by atoms with van der Waals surface area (Å²) in [6.07, 6.45) is 7.24. The fraction of sp³-hybridized carbons (Fsp3) is 0.296. The highest BCUT2D eigenvalue weighted by Gasteiger charge is 2.57. The summed E-state index contributed by atoms with van der Waals surface area (Å²) in [5.74, 6) is 0.274. The Morgan fingerprint density at radius 3 is 2.75 bits per heavy atom. The zero-order valence-corrected chi connectivity index (χ0v) is 20.4. The summed E-state index contributed by atoms with van der Waals surface area (Å²) < 4.78 is 26.6. The Bertz CT molecular complexity index is 1350. The number of amidine groups is 1. The first-order valence-corrected chi connectivity index (χ1v) is 11.8. The van der Waals surface area contributed by atoms with Crippen molar-refractivity contribution in [2.24, 2.45) is 5.16 Å². The van der Waals surface area contributed by atoms with Crippen LogP contribution >= 0.6 is 0 Å². The van der Waals surface area contributed by atoms with Gasteiger partial charge in [0.15, 0.2) is 5.84 Å². The quantitative estimate of drug-likeness (QED) is 0.471. The number of rotatable bonds is 6. The molecule has 0 aliphatic carbocycles. The van der Waals surface area contributed by atoms with Crippen molar-refractivity contribution in [1.82, 2.24) is 14.5 Å². The number of hydrogen-bond donors (Lipinski definition) is 0. The lowest BCUT2D eigenvalue weighted by molar-refractivity contribution is -0.189. The van der Waals surface area contributed by atoms with Crippen molar-refractivity contribution in [3.8, 4) is 11.4 Å². The van der Waals surface area contributed by atoms with Gasteiger partial charge in [0, 0.05) is 18.3 Å². The molecule has 2 aliphatic heterocycles. The molecule has 36 heavy (non-hydrogen) atoms. The standard InChI is InChI=1S/C27H27FN4O4/c1-4-35-26(33)27(21-8-10-22(28)11-9-21)32-13-5-6-20(25(32)30-36-27)14-19-7-12-23(24(15-19)34-3)31-16-18(2)29-17-31/h7-12,14-17H,4-6,13H2,1-3H3/b20-14+/t27-/m0/s1. The summed E-state index contributed by atoms with van der Waals surface area (Å²) in [6.45, 7) is 4.38. The number of nitrogens with zero attached hydrogens (tertiary/aromatic N) is 4. The summed E-state index contributed by atoms with van der Waals surface area (Å²) in [5.41, 5.74) is 2.49. The molecular formula is C27H27FN4O4. The molecule has 1 fully saturated rings. The van der Waals surface area contributed by atoms with Crippen LogP contribution in [-0.4, -0.2) is 46.5 Å². The Labute approximate surface area is 208 Å². The number of halogens is 1. The molecular weight excluding hydrogens is 463 g/mol. The van der Waals surface area contributed by atoms with Gasteiger partial charge >= 0.3 is 11.7 Å². The van der Waals surface area contributed by atoms with E-state index in [1.807, 2.05) is 46.9 Å². The monoisotopic (exact) mass is 490 g/mol. The van der Waals surface area contributed by atoms with E-state index >= 15 is 0 Å². The lowest BCUT2D eigenvalue weighted by Gasteiger charge is -2.37. The predicted octanol–water partition coefficient (Wildman–Crippen LogP) is 4.57. The predicted molar refractivity (Wildman–Crippen MR) is 132 cm³/mol. The highest BCUT2D eigenvalue weighted by Crippen LogP contribution is 2.41. The molecule has 5 rings (SSSR count). The van der Waals surface area contributed by atoms with E-state index < -0.39 is 17.5 Å². The van der Waals surface area contributed by atoms with Gasteiger partial charge < -0.3 is 23.8 Å². The molecule has 0 N–H and O–H groups in total. The molecule has 8 nitrogen and oxygen atoms in total. The Morgan fingerprint density at radius 1 is 1.25 bits per heavy atom. The van der Waals surface area contributed by atoms with Gasteiger partial charge in [0.25, 0.3) is 0 Å². The molecule has 0 spiro atoms. The van der Waals surface area contributed by atoms with Crippen molar-refractivity contribution in [2.75, 3.05) is 20.3 Å². The minimum Gasteiger partial charge on any atom is -0.495 e. The Balaban J connectivity index is 1.50. The summed E-state index contributed by atoms with van der Waals surface area (Å²) >= 11 is 0. The maximum atomic E-state index is 13.7. The Kier molecular flexibility index (Phi) is 6.22. The summed E-state index contributed by atoms with van der Waals surface area (Å²) in [6, 6.07) is 11.6. The van der Waals surface area contributed by atoms with E-state index in [1.165, 1.54) is 24.3 Å². The van der Waals surface area contributed by atoms with E-state index in [1.54, 1.807) is 20.4 Å². The van der Waals surface area contributed by atoms with Crippen LogP contribution in [0.25, 0.3) is 11.8 Å². The highest BCUT2D eigenvalue weighted by molar-refractivity contribution is 6.06. The van der Waals surface area contributed by atoms with Crippen molar-refractivity contribution in [2.45, 2.75) is 32.4 Å². The molecule has 186 valence electrons. The number of carbonyl (C=O) groups excluding carboxylic acids is 1. The number of aryl methyl sites for hydroxylation is 1. The molecule has 2 aliphatic rings. The topological polar surface area (TPSA) is 78.2 Å². The second kappa shape index (κ2) is 9.49. The zero-order chi connectivity index (χ0) is 25.3. The summed E-state index contributed by atoms with van der Waals surface area (Å²) in [5, 5.41) is 4.34. The van der Waals surface area contributed by atoms with Crippen LogP contribution < -0.4 is 4.74 Å². The zero-order valence-electron chi connectivity index (χ0n) is 20.4. The van der Waals surface area contributed by atoms with Crippen molar-refractivity contribution >= 4 is 17.9 Å². The third-order valence-electron chi connectivity index (χ3n) is 6.34. The van der Waals surface area contributed by atoms with Gasteiger partial charge in [0.05, 0.1) is 31.4 Å². The van der Waals surface area contributed by atoms with Gasteiger partial charge in [-0.3, -0.25) is 0 Å². The number of esters is 1. The molecule has 3 heterocycles. The van der Waals surface area contributed by atoms with E-state index in [0.29, 0.717) is 23.7 Å². The summed E-state index contributed by atoms with van der Waals surface area (Å²) in [7, 11) is 1.63. The average molecular weight is 491 g/mol. The van der Waals surface area contributed by atoms with Crippen LogP contribution in [0, 0.1) is 12.7 Å². The first-order valence-electron chi connectivity index (χ1n) is 11.8. The average Bonchev–Trinajstić information content (AvgIpc) is 3.50. The van der Waals surface area contributed by atoms with E-state index in [2.05, 4.69) is 10.1 Å². The molecule has 0 radical (unpaired) electrons. The molecule has 3 aromatic rings. The number of ether oxygens (including phenoxy) is 2. The number of piperidine rings is 1. The van der Waals surface area contributed by atoms with Crippen molar-refractivity contribution in [3.63, 3.8) is 0 Å². The van der Waals surface area contributed by atoms with Crippen LogP contribution in [0.4, 0.5) is 4.39 Å². The second-order valence-electron chi connectivity index (χ2n) is 8.66. The number of imidazole rings is 1. The second-order valence-corrected chi connectivity index (χ2v) is 8.66. The maximum Gasteiger partial charge on any atom is 0.380 e. The first-order chi connectivity index (χ1) is 17.5. The smallest absolute Gasteiger partial charge is 0.380 e. The molecule has 1 atom stereocenters. The minimum atomic E-state index is -1.60. The fourth-order valence-corrected chi connectivity index (χ4v) is 4.66. The van der Waals surface area contributed by atoms with Crippen LogP contribution in [0.2, 0.25) is 0 Å². The number of fused-ring (bicyclic) bond motifs is 1. The van der Waals surface area contributed by atoms with Gasteiger partial charge in [-0.25, -0.2) is 14.2 Å². The minimum absolute atomic E-state index is 0.180. The van der Waals surface area contributed by atoms with E-state index in [9.17, 15) is 9.18 Å². The van der Waals surface area contributed by atoms with E-state index in [4.69, 9.17) is 14.3 Å². The van der Waals surface area contributed by atoms with Gasteiger partial charge in [0.1, 0.15) is 11.6 Å². The van der Waals surface area contributed by atoms with Gasteiger partial charge in [0.2, 0.25) is 0 Å². The molecule has 0 bridgehead atoms. The van der Waals surface area contributed by atoms with Crippen molar-refractivity contribution in [3.05, 3.63) is 83.2 Å². The van der Waals surface area contributed by atoms with E-state index in [-0.39, 0.29) is 6.61 Å². The van der Waals surface area contributed by atoms with Crippen molar-refractivity contribution in [1.29, 1.82) is 0 Å². The molecule has 1 aromatic heterocycles. The van der Waals surface area contributed by atoms with Gasteiger partial charge in [-0.1, -0.05) is 11.2 Å². The Hall–Kier alpha value is -4.14. The molecule has 1 saturated heterocycles. The fourth-order valence-electron chi connectivity index (χ4n) is 4.66. The van der Waals surface area contributed by atoms with E-state index in [0.717, 1.165) is 35.4 Å². The third-order valence-corrected chi connectivity index (χ3v) is 6.34. The molecule has 0 saturated carbocycles. The number of benzene rings is 2. The lowest BCUT2D eigenvalue weighted by Crippen LogP contribution is -2.54. The number of methoxy groups -OCH3 is 1. The number of carbonyl (C=O) groups is 1. The van der Waals surface area contributed by atoms with Gasteiger partial charge in [-0.05, 0) is 80.3 Å². The SMILES string of the molecule is CCOC(=O)[C@]1(c2ccc(F)cc2)ON=C2/C(=C/c3ccc(-n4cnc(C)c4)c(OC)c3)CCCN21. The van der Waals surface area contributed by atoms with Crippen LogP contribution in [0.1, 0.15) is 36.6 Å². The van der Waals surface area contributed by atoms with Crippen LogP contribution in [0.15, 0.2) is 65.7 Å². The van der Waals surface area contributed by atoms with Gasteiger partial charge in [-0.2, -0.15) is 0 Å². The Morgan fingerprint density at radius 2 is 2.06 bits per heavy atom. The largest absolute Gasteiger partial charge is 0.495 e. The van der Waals surface area contributed by atoms with Crippen LogP contribution in [0.5, 0.6) is 5.75 Å². The highest BCUT2D eigenvalue weighted by atomic mass is 19.1. The maximum absolute atomic E-state index is 13.7. The summed E-state index contributed by atoms with van der Waals surface area (Å²) in [4.78, 5) is 25.2. The van der Waals surface area contributed by atoms with Crippen molar-refractivity contribution < 1.29 is 23.5 Å². The number of hydrogen-bond acceptors (Lipinski definition) is 7. The van der Waals surface area contributed by atoms with Crippen LogP contribution in [0.3, 0.4) is 0 Å². The van der Waals surface area contributed by atoms with Gasteiger partial charge in [-0.15, -0.1) is 0 Å². The molecule has 0 amide bonds. The number of oxime groups is 1. The first kappa shape index (κ1) is 23.6. The molecule has 9 heteroatoms. The normalized spacial score (nSPS) is 20.1. The molecule has 2 aromatic carbocycles. The third kappa shape index (κ3) is 4.00. The molecule has 0 unspecified atom stereocenters.